The smallest absolute Gasteiger partial charge is 0.0412 e. The fraction of sp³-hybridized carbons (Fsp3) is 0. The van der Waals surface area contributed by atoms with Gasteiger partial charge in [-0.1, -0.05) is 152 Å². The van der Waals surface area contributed by atoms with Gasteiger partial charge in [0.1, 0.15) is 0 Å². The molecule has 0 aliphatic carbocycles. The van der Waals surface area contributed by atoms with Crippen LogP contribution in [0.5, 0.6) is 0 Å². The molecule has 46 heavy (non-hydrogen) atoms. The van der Waals surface area contributed by atoms with E-state index < -0.39 is 0 Å². The first-order chi connectivity index (χ1) is 22.8. The summed E-state index contributed by atoms with van der Waals surface area (Å²) in [5, 5.41) is 9.69. The molecule has 0 nitrogen and oxygen atoms in total. The second kappa shape index (κ2) is 10.8. The Hall–Kier alpha value is -6.16. The molecule has 0 radical (unpaired) electrons. The number of hydrogen-bond acceptors (Lipinski definition) is 0. The van der Waals surface area contributed by atoms with Crippen LogP contribution in [0.2, 0.25) is 0 Å². The lowest BCUT2D eigenvalue weighted by atomic mass is 9.83. The van der Waals surface area contributed by atoms with Crippen LogP contribution in [0, 0.1) is 12.1 Å². The van der Waals surface area contributed by atoms with Gasteiger partial charge in [0.15, 0.2) is 0 Å². The Morgan fingerprint density at radius 2 is 0.891 bits per heavy atom. The van der Waals surface area contributed by atoms with E-state index in [1.54, 1.807) is 0 Å². The lowest BCUT2D eigenvalue weighted by Crippen LogP contribution is -1.93. The van der Waals surface area contributed by atoms with Crippen LogP contribution in [0.25, 0.3) is 87.6 Å². The van der Waals surface area contributed by atoms with Crippen LogP contribution >= 0.6 is 0 Å². The molecule has 0 fully saturated rings. The summed E-state index contributed by atoms with van der Waals surface area (Å²) in [5.41, 5.74) is 9.68. The second-order valence-electron chi connectivity index (χ2n) is 11.9. The summed E-state index contributed by atoms with van der Waals surface area (Å²) >= 11 is 0. The highest BCUT2D eigenvalue weighted by atomic mass is 14.2. The maximum absolute atomic E-state index is 3.58. The third-order valence-electron chi connectivity index (χ3n) is 9.28. The maximum atomic E-state index is 3.58. The molecule has 0 aromatic heterocycles. The van der Waals surface area contributed by atoms with Crippen LogP contribution in [-0.2, 0) is 0 Å². The first-order valence-electron chi connectivity index (χ1n) is 15.8. The van der Waals surface area contributed by atoms with Gasteiger partial charge in [0, 0.05) is 10.9 Å². The van der Waals surface area contributed by atoms with Crippen molar-refractivity contribution < 1.29 is 0 Å². The van der Waals surface area contributed by atoms with Gasteiger partial charge in [0.05, 0.1) is 0 Å². The Kier molecular flexibility index (Phi) is 6.15. The Balaban J connectivity index is 1.29. The quantitative estimate of drug-likeness (QED) is 0.194. The van der Waals surface area contributed by atoms with E-state index in [-0.39, 0.29) is 0 Å². The Bertz CT molecular complexity index is 2500. The van der Waals surface area contributed by atoms with E-state index in [0.29, 0.717) is 0 Å². The normalized spacial score (nSPS) is 11.3. The molecule has 0 spiro atoms. The van der Waals surface area contributed by atoms with Gasteiger partial charge < -0.3 is 0 Å². The van der Waals surface area contributed by atoms with Crippen LogP contribution in [0.15, 0.2) is 170 Å². The van der Waals surface area contributed by atoms with Gasteiger partial charge in [-0.15, -0.1) is 0 Å². The van der Waals surface area contributed by atoms with Crippen molar-refractivity contribution in [1.82, 2.24) is 0 Å². The molecular weight excluding hydrogens is 553 g/mol. The van der Waals surface area contributed by atoms with Crippen molar-refractivity contribution in [3.63, 3.8) is 0 Å². The SMILES string of the molecule is c1ccc2c(-c3ccc(-c4ccc5ccccc5c4)cc3)c3ccccc3c(-c3cc4ccccc4cc3-c3ccccc3)c2c#1. The molecule has 9 rings (SSSR count). The zero-order valence-corrected chi connectivity index (χ0v) is 25.2. The first kappa shape index (κ1) is 26.3. The van der Waals surface area contributed by atoms with E-state index >= 15 is 0 Å². The molecule has 0 N–H and O–H groups in total. The average molecular weight is 581 g/mol. The largest absolute Gasteiger partial charge is 0.0695 e. The van der Waals surface area contributed by atoms with Crippen LogP contribution in [-0.4, -0.2) is 0 Å². The number of rotatable bonds is 4. The predicted molar refractivity (Wildman–Crippen MR) is 196 cm³/mol. The highest BCUT2D eigenvalue weighted by molar-refractivity contribution is 6.22. The van der Waals surface area contributed by atoms with Crippen molar-refractivity contribution in [1.29, 1.82) is 0 Å². The lowest BCUT2D eigenvalue weighted by molar-refractivity contribution is 1.62. The van der Waals surface area contributed by atoms with Crippen molar-refractivity contribution in [2.24, 2.45) is 0 Å². The van der Waals surface area contributed by atoms with E-state index in [9.17, 15) is 0 Å². The van der Waals surface area contributed by atoms with Gasteiger partial charge >= 0.3 is 0 Å². The van der Waals surface area contributed by atoms with E-state index in [1.165, 1.54) is 82.2 Å². The molecule has 0 bridgehead atoms. The van der Waals surface area contributed by atoms with E-state index in [1.807, 2.05) is 6.07 Å². The van der Waals surface area contributed by atoms with Gasteiger partial charge in [-0.25, -0.2) is 0 Å². The summed E-state index contributed by atoms with van der Waals surface area (Å²) in [5.74, 6) is 0. The summed E-state index contributed by atoms with van der Waals surface area (Å²) in [6.45, 7) is 0. The molecule has 9 aromatic carbocycles. The molecule has 0 unspecified atom stereocenters. The molecule has 0 aliphatic heterocycles. The number of fused-ring (bicyclic) bond motifs is 4. The molecule has 0 heteroatoms. The third kappa shape index (κ3) is 4.34. The third-order valence-corrected chi connectivity index (χ3v) is 9.28. The fourth-order valence-corrected chi connectivity index (χ4v) is 7.09. The molecule has 0 saturated heterocycles. The molecule has 9 aromatic rings. The van der Waals surface area contributed by atoms with Crippen LogP contribution in [0.4, 0.5) is 0 Å². The Labute approximate surface area is 268 Å². The summed E-state index contributed by atoms with van der Waals surface area (Å²) in [6, 6.07) is 68.3. The zero-order chi connectivity index (χ0) is 30.5. The topological polar surface area (TPSA) is 0 Å². The number of hydrogen-bond donors (Lipinski definition) is 0. The van der Waals surface area contributed by atoms with Gasteiger partial charge in [-0.3, -0.25) is 0 Å². The van der Waals surface area contributed by atoms with Gasteiger partial charge in [0.2, 0.25) is 0 Å². The molecule has 0 saturated carbocycles. The Morgan fingerprint density at radius 3 is 1.63 bits per heavy atom. The zero-order valence-electron chi connectivity index (χ0n) is 25.2. The standard InChI is InChI=1S/C46H28/c1-2-13-33(14-3-1)43-29-36-16-6-7-17-37(36)30-44(43)46-41-20-10-8-18-39(41)45(40-19-9-11-21-42(40)46)34-25-22-32(23-26-34)38-27-24-31-12-4-5-15-35(31)28-38/h1-10,12-20,22-30H. The second-order valence-corrected chi connectivity index (χ2v) is 11.9. The lowest BCUT2D eigenvalue weighted by Gasteiger charge is -2.19. The Morgan fingerprint density at radius 1 is 0.326 bits per heavy atom. The summed E-state index contributed by atoms with van der Waals surface area (Å²) in [7, 11) is 0. The molecular formula is C46H28. The predicted octanol–water partition coefficient (Wildman–Crippen LogP) is 12.6. The molecule has 0 atom stereocenters. The van der Waals surface area contributed by atoms with E-state index in [2.05, 4.69) is 176 Å². The minimum atomic E-state index is 1.09. The van der Waals surface area contributed by atoms with Crippen molar-refractivity contribution in [3.8, 4) is 44.5 Å². The molecule has 0 aliphatic rings. The van der Waals surface area contributed by atoms with E-state index in [0.717, 1.165) is 5.39 Å². The summed E-state index contributed by atoms with van der Waals surface area (Å²) in [6.07, 6.45) is 0. The van der Waals surface area contributed by atoms with Crippen molar-refractivity contribution >= 4 is 43.1 Å². The van der Waals surface area contributed by atoms with Crippen molar-refractivity contribution in [3.05, 3.63) is 182 Å². The monoisotopic (exact) mass is 580 g/mol. The summed E-state index contributed by atoms with van der Waals surface area (Å²) in [4.78, 5) is 0. The number of benzene rings is 8. The summed E-state index contributed by atoms with van der Waals surface area (Å²) < 4.78 is 0. The van der Waals surface area contributed by atoms with Crippen molar-refractivity contribution in [2.75, 3.05) is 0 Å². The average Bonchev–Trinajstić information content (AvgIpc) is 3.13. The van der Waals surface area contributed by atoms with E-state index in [4.69, 9.17) is 0 Å². The van der Waals surface area contributed by atoms with Gasteiger partial charge in [0.25, 0.3) is 0 Å². The van der Waals surface area contributed by atoms with Crippen LogP contribution < -0.4 is 0 Å². The van der Waals surface area contributed by atoms with Gasteiger partial charge in [-0.05, 0) is 107 Å². The molecule has 212 valence electrons. The minimum Gasteiger partial charge on any atom is -0.0695 e. The van der Waals surface area contributed by atoms with Crippen LogP contribution in [0.1, 0.15) is 0 Å². The maximum Gasteiger partial charge on any atom is 0.0412 e. The highest BCUT2D eigenvalue weighted by Gasteiger charge is 2.20. The van der Waals surface area contributed by atoms with Crippen molar-refractivity contribution in [2.45, 2.75) is 0 Å². The minimum absolute atomic E-state index is 1.09. The first-order valence-corrected chi connectivity index (χ1v) is 15.8. The van der Waals surface area contributed by atoms with Gasteiger partial charge in [-0.2, -0.15) is 0 Å². The molecule has 0 heterocycles. The van der Waals surface area contributed by atoms with Crippen LogP contribution in [0.3, 0.4) is 0 Å². The molecule has 0 amide bonds. The highest BCUT2D eigenvalue weighted by Crippen LogP contribution is 2.46. The fourth-order valence-electron chi connectivity index (χ4n) is 7.09.